The van der Waals surface area contributed by atoms with Crippen LogP contribution in [0.25, 0.3) is 0 Å². The maximum absolute atomic E-state index is 13.8. The second-order valence-corrected chi connectivity index (χ2v) is 9.38. The highest BCUT2D eigenvalue weighted by atomic mass is 32.1. The lowest BCUT2D eigenvalue weighted by molar-refractivity contribution is -0.119. The summed E-state index contributed by atoms with van der Waals surface area (Å²) in [7, 11) is 1.61. The molecular weight excluding hydrogens is 420 g/mol. The zero-order valence-corrected chi connectivity index (χ0v) is 18.8. The summed E-state index contributed by atoms with van der Waals surface area (Å²) in [6.45, 7) is 0. The Morgan fingerprint density at radius 1 is 1.06 bits per heavy atom. The minimum Gasteiger partial charge on any atom is -0.497 e. The summed E-state index contributed by atoms with van der Waals surface area (Å²) in [5.41, 5.74) is 2.12. The number of hydrogen-bond donors (Lipinski definition) is 1. The Morgan fingerprint density at radius 2 is 1.88 bits per heavy atom. The third-order valence-corrected chi connectivity index (χ3v) is 7.49. The number of nitrogens with zero attached hydrogens (tertiary/aromatic N) is 1. The largest absolute Gasteiger partial charge is 0.497 e. The summed E-state index contributed by atoms with van der Waals surface area (Å²) in [4.78, 5) is 30.6. The van der Waals surface area contributed by atoms with Gasteiger partial charge in [-0.1, -0.05) is 43.2 Å². The fraction of sp³-hybridized carbons (Fsp3) is 0.308. The van der Waals surface area contributed by atoms with Crippen LogP contribution in [-0.4, -0.2) is 29.9 Å². The Bertz CT molecular complexity index is 1120. The Morgan fingerprint density at radius 3 is 2.62 bits per heavy atom. The molecule has 2 heterocycles. The number of thiophene rings is 1. The summed E-state index contributed by atoms with van der Waals surface area (Å²) in [6.07, 6.45) is 4.21. The number of ether oxygens (including phenoxy) is 1. The molecule has 6 heteroatoms. The van der Waals surface area contributed by atoms with Gasteiger partial charge in [0.15, 0.2) is 0 Å². The monoisotopic (exact) mass is 446 g/mol. The first-order valence-corrected chi connectivity index (χ1v) is 12.0. The molecule has 5 rings (SSSR count). The highest BCUT2D eigenvalue weighted by Crippen LogP contribution is 2.47. The Balaban J connectivity index is 1.60. The second-order valence-electron chi connectivity index (χ2n) is 8.40. The van der Waals surface area contributed by atoms with E-state index in [1.165, 1.54) is 0 Å². The average molecular weight is 447 g/mol. The highest BCUT2D eigenvalue weighted by molar-refractivity contribution is 7.10. The molecule has 1 aromatic heterocycles. The van der Waals surface area contributed by atoms with Crippen LogP contribution in [0.1, 0.15) is 58.4 Å². The Labute approximate surface area is 192 Å². The zero-order chi connectivity index (χ0) is 22.1. The molecule has 1 aliphatic carbocycles. The van der Waals surface area contributed by atoms with Crippen molar-refractivity contribution in [2.24, 2.45) is 0 Å². The summed E-state index contributed by atoms with van der Waals surface area (Å²) >= 11 is 1.61. The van der Waals surface area contributed by atoms with Crippen molar-refractivity contribution in [1.82, 2.24) is 4.90 Å². The van der Waals surface area contributed by atoms with Crippen LogP contribution in [-0.2, 0) is 4.79 Å². The highest BCUT2D eigenvalue weighted by Gasteiger charge is 2.47. The lowest BCUT2D eigenvalue weighted by Gasteiger charge is -2.44. The second kappa shape index (κ2) is 8.79. The van der Waals surface area contributed by atoms with Gasteiger partial charge in [-0.2, -0.15) is 0 Å². The standard InChI is InChI=1S/C26H26N2O3S/c1-31-19-11-6-8-17(16-19)27-25(29)23-20-12-4-5-13-21(20)26(30)28(18-9-2-3-10-18)24(23)22-14-7-15-32-22/h4-8,11-16,18,23-24H,2-3,9-10H2,1H3,(H,27,29). The quantitative estimate of drug-likeness (QED) is 0.553. The molecule has 1 N–H and O–H groups in total. The minimum absolute atomic E-state index is 0.0383. The number of amides is 2. The molecule has 1 fully saturated rings. The van der Waals surface area contributed by atoms with E-state index in [0.29, 0.717) is 17.0 Å². The van der Waals surface area contributed by atoms with Gasteiger partial charge < -0.3 is 15.0 Å². The lowest BCUT2D eigenvalue weighted by Crippen LogP contribution is -2.49. The molecular formula is C26H26N2O3S. The smallest absolute Gasteiger partial charge is 0.254 e. The van der Waals surface area contributed by atoms with E-state index in [1.807, 2.05) is 70.9 Å². The van der Waals surface area contributed by atoms with Gasteiger partial charge in [0.05, 0.1) is 19.1 Å². The topological polar surface area (TPSA) is 58.6 Å². The van der Waals surface area contributed by atoms with Gasteiger partial charge in [-0.25, -0.2) is 0 Å². The number of carbonyl (C=O) groups is 2. The van der Waals surface area contributed by atoms with Gasteiger partial charge in [0.2, 0.25) is 5.91 Å². The Kier molecular flexibility index (Phi) is 5.70. The predicted molar refractivity (Wildman–Crippen MR) is 126 cm³/mol. The Hall–Kier alpha value is -3.12. The number of nitrogens with one attached hydrogen (secondary N) is 1. The fourth-order valence-corrected chi connectivity index (χ4v) is 5.96. The summed E-state index contributed by atoms with van der Waals surface area (Å²) < 4.78 is 5.31. The number of rotatable bonds is 5. The molecule has 5 nitrogen and oxygen atoms in total. The van der Waals surface area contributed by atoms with Crippen molar-refractivity contribution < 1.29 is 14.3 Å². The van der Waals surface area contributed by atoms with Crippen molar-refractivity contribution in [3.05, 3.63) is 82.0 Å². The molecule has 1 saturated carbocycles. The zero-order valence-electron chi connectivity index (χ0n) is 18.0. The number of benzene rings is 2. The van der Waals surface area contributed by atoms with E-state index in [2.05, 4.69) is 5.32 Å². The summed E-state index contributed by atoms with van der Waals surface area (Å²) in [6, 6.07) is 18.8. The van der Waals surface area contributed by atoms with Crippen LogP contribution >= 0.6 is 11.3 Å². The maximum atomic E-state index is 13.8. The first-order chi connectivity index (χ1) is 15.7. The molecule has 164 valence electrons. The van der Waals surface area contributed by atoms with Crippen molar-refractivity contribution in [2.45, 2.75) is 43.7 Å². The van der Waals surface area contributed by atoms with Crippen LogP contribution in [0.3, 0.4) is 0 Å². The summed E-state index contributed by atoms with van der Waals surface area (Å²) in [5.74, 6) is 0.120. The van der Waals surface area contributed by atoms with Crippen molar-refractivity contribution in [3.63, 3.8) is 0 Å². The van der Waals surface area contributed by atoms with E-state index in [-0.39, 0.29) is 23.9 Å². The third kappa shape index (κ3) is 3.69. The number of hydrogen-bond acceptors (Lipinski definition) is 4. The number of carbonyl (C=O) groups excluding carboxylic acids is 2. The van der Waals surface area contributed by atoms with Crippen LogP contribution in [0.15, 0.2) is 66.0 Å². The molecule has 0 bridgehead atoms. The van der Waals surface area contributed by atoms with E-state index in [4.69, 9.17) is 4.74 Å². The molecule has 2 amide bonds. The van der Waals surface area contributed by atoms with Crippen LogP contribution < -0.4 is 10.1 Å². The number of anilines is 1. The van der Waals surface area contributed by atoms with Gasteiger partial charge in [-0.3, -0.25) is 9.59 Å². The van der Waals surface area contributed by atoms with E-state index in [0.717, 1.165) is 36.1 Å². The maximum Gasteiger partial charge on any atom is 0.254 e. The molecule has 2 aromatic carbocycles. The lowest BCUT2D eigenvalue weighted by atomic mass is 9.80. The predicted octanol–water partition coefficient (Wildman–Crippen LogP) is 5.62. The molecule has 2 unspecified atom stereocenters. The first kappa shape index (κ1) is 20.8. The number of fused-ring (bicyclic) bond motifs is 1. The van der Waals surface area contributed by atoms with Gasteiger partial charge in [0.25, 0.3) is 5.91 Å². The molecule has 2 aliphatic rings. The SMILES string of the molecule is COc1cccc(NC(=O)C2c3ccccc3C(=O)N(C3CCCC3)C2c2cccs2)c1. The molecule has 0 radical (unpaired) electrons. The van der Waals surface area contributed by atoms with E-state index in [1.54, 1.807) is 18.4 Å². The van der Waals surface area contributed by atoms with Crippen molar-refractivity contribution in [2.75, 3.05) is 12.4 Å². The van der Waals surface area contributed by atoms with Crippen LogP contribution in [0.5, 0.6) is 5.75 Å². The third-order valence-electron chi connectivity index (χ3n) is 6.55. The average Bonchev–Trinajstić information content (AvgIpc) is 3.53. The minimum atomic E-state index is -0.491. The van der Waals surface area contributed by atoms with Gasteiger partial charge in [0.1, 0.15) is 5.75 Å². The van der Waals surface area contributed by atoms with Gasteiger partial charge in [-0.15, -0.1) is 11.3 Å². The molecule has 32 heavy (non-hydrogen) atoms. The van der Waals surface area contributed by atoms with E-state index < -0.39 is 5.92 Å². The van der Waals surface area contributed by atoms with Crippen LogP contribution in [0, 0.1) is 0 Å². The van der Waals surface area contributed by atoms with Gasteiger partial charge in [-0.05, 0) is 48.1 Å². The molecule has 0 saturated heterocycles. The molecule has 0 spiro atoms. The molecule has 3 aromatic rings. The van der Waals surface area contributed by atoms with Gasteiger partial charge >= 0.3 is 0 Å². The van der Waals surface area contributed by atoms with Crippen molar-refractivity contribution >= 4 is 28.8 Å². The van der Waals surface area contributed by atoms with E-state index in [9.17, 15) is 9.59 Å². The summed E-state index contributed by atoms with van der Waals surface area (Å²) in [5, 5.41) is 5.11. The van der Waals surface area contributed by atoms with Crippen LogP contribution in [0.2, 0.25) is 0 Å². The first-order valence-electron chi connectivity index (χ1n) is 11.1. The van der Waals surface area contributed by atoms with Crippen molar-refractivity contribution in [1.29, 1.82) is 0 Å². The molecule has 2 atom stereocenters. The number of methoxy groups -OCH3 is 1. The van der Waals surface area contributed by atoms with Gasteiger partial charge in [0, 0.05) is 28.2 Å². The molecule has 1 aliphatic heterocycles. The fourth-order valence-electron chi connectivity index (χ4n) is 5.10. The normalized spacial score (nSPS) is 20.8. The van der Waals surface area contributed by atoms with E-state index >= 15 is 0 Å². The van der Waals surface area contributed by atoms with Crippen molar-refractivity contribution in [3.8, 4) is 5.75 Å². The van der Waals surface area contributed by atoms with Crippen LogP contribution in [0.4, 0.5) is 5.69 Å².